The molecule has 188 valence electrons. The summed E-state index contributed by atoms with van der Waals surface area (Å²) in [6.45, 7) is 7.71. The summed E-state index contributed by atoms with van der Waals surface area (Å²) in [4.78, 5) is 62.7. The number of rotatable bonds is 13. The third kappa shape index (κ3) is 8.64. The van der Waals surface area contributed by atoms with E-state index in [1.165, 1.54) is 4.90 Å². The highest BCUT2D eigenvalue weighted by atomic mass is 16.4. The monoisotopic (exact) mass is 469 g/mol. The van der Waals surface area contributed by atoms with Crippen molar-refractivity contribution in [1.29, 1.82) is 0 Å². The largest absolute Gasteiger partial charge is 0.480 e. The van der Waals surface area contributed by atoms with Gasteiger partial charge in [0, 0.05) is 13.0 Å². The Kier molecular flexibility index (Phi) is 11.3. The van der Waals surface area contributed by atoms with Crippen molar-refractivity contribution in [2.45, 2.75) is 90.4 Å². The van der Waals surface area contributed by atoms with E-state index in [1.807, 2.05) is 20.8 Å². The van der Waals surface area contributed by atoms with Gasteiger partial charge in [-0.05, 0) is 37.5 Å². The highest BCUT2D eigenvalue weighted by Gasteiger charge is 2.39. The predicted octanol–water partition coefficient (Wildman–Crippen LogP) is -0.283. The number of carbonyl (C=O) groups is 5. The van der Waals surface area contributed by atoms with Crippen LogP contribution in [0, 0.1) is 11.8 Å². The maximum absolute atomic E-state index is 13.3. The fourth-order valence-electron chi connectivity index (χ4n) is 3.84. The summed E-state index contributed by atoms with van der Waals surface area (Å²) < 4.78 is 0. The molecule has 1 aliphatic heterocycles. The van der Waals surface area contributed by atoms with Gasteiger partial charge in [-0.1, -0.05) is 34.1 Å². The summed E-state index contributed by atoms with van der Waals surface area (Å²) in [6, 6.07) is -3.74. The number of likely N-dealkylation sites (tertiary alicyclic amines) is 1. The summed E-state index contributed by atoms with van der Waals surface area (Å²) in [5, 5.41) is 14.7. The minimum Gasteiger partial charge on any atom is -0.480 e. The predicted molar refractivity (Wildman–Crippen MR) is 122 cm³/mol. The lowest BCUT2D eigenvalue weighted by Gasteiger charge is -2.31. The van der Waals surface area contributed by atoms with E-state index in [0.717, 1.165) is 0 Å². The number of carbonyl (C=O) groups excluding carboxylic acids is 4. The Labute approximate surface area is 195 Å². The molecule has 0 aromatic carbocycles. The van der Waals surface area contributed by atoms with Gasteiger partial charge in [0.1, 0.15) is 18.1 Å². The minimum atomic E-state index is -1.12. The van der Waals surface area contributed by atoms with Crippen LogP contribution >= 0.6 is 0 Å². The van der Waals surface area contributed by atoms with Crippen LogP contribution in [-0.2, 0) is 24.0 Å². The molecule has 0 saturated carbocycles. The van der Waals surface area contributed by atoms with E-state index in [0.29, 0.717) is 32.2 Å². The molecule has 33 heavy (non-hydrogen) atoms. The maximum atomic E-state index is 13.3. The highest BCUT2D eigenvalue weighted by molar-refractivity contribution is 5.94. The van der Waals surface area contributed by atoms with Gasteiger partial charge in [0.15, 0.2) is 0 Å². The Balaban J connectivity index is 2.95. The SMILES string of the molecule is CCC(C)C(NC(=O)C1CCCN1C(=O)C(CC(C)C)NC(=O)C(N)CCC(N)=O)C(=O)O. The topological polar surface area (TPSA) is 185 Å². The number of hydrogen-bond acceptors (Lipinski definition) is 6. The van der Waals surface area contributed by atoms with Crippen LogP contribution in [-0.4, -0.2) is 70.3 Å². The molecule has 4 amide bonds. The van der Waals surface area contributed by atoms with Crippen molar-refractivity contribution in [2.24, 2.45) is 23.3 Å². The Bertz CT molecular complexity index is 728. The summed E-state index contributed by atoms with van der Waals surface area (Å²) in [5.74, 6) is -3.39. The molecule has 0 aromatic heterocycles. The van der Waals surface area contributed by atoms with E-state index in [4.69, 9.17) is 11.5 Å². The molecule has 7 N–H and O–H groups in total. The number of primary amides is 1. The fourth-order valence-corrected chi connectivity index (χ4v) is 3.84. The first-order valence-corrected chi connectivity index (χ1v) is 11.6. The number of aliphatic carboxylic acids is 1. The van der Waals surface area contributed by atoms with Gasteiger partial charge in [-0.3, -0.25) is 19.2 Å². The number of nitrogens with two attached hydrogens (primary N) is 2. The smallest absolute Gasteiger partial charge is 0.326 e. The molecule has 0 bridgehead atoms. The molecule has 0 aliphatic carbocycles. The number of carboxylic acid groups (broad SMARTS) is 1. The van der Waals surface area contributed by atoms with Crippen LogP contribution in [0.3, 0.4) is 0 Å². The van der Waals surface area contributed by atoms with Crippen LogP contribution in [0.15, 0.2) is 0 Å². The molecule has 0 aromatic rings. The summed E-state index contributed by atoms with van der Waals surface area (Å²) in [6.07, 6.45) is 1.92. The molecule has 0 radical (unpaired) electrons. The highest BCUT2D eigenvalue weighted by Crippen LogP contribution is 2.21. The van der Waals surface area contributed by atoms with Crippen LogP contribution in [0.2, 0.25) is 0 Å². The average Bonchev–Trinajstić information content (AvgIpc) is 3.23. The van der Waals surface area contributed by atoms with Gasteiger partial charge in [-0.15, -0.1) is 0 Å². The Morgan fingerprint density at radius 1 is 1.12 bits per heavy atom. The second-order valence-corrected chi connectivity index (χ2v) is 9.20. The van der Waals surface area contributed by atoms with Gasteiger partial charge in [0.25, 0.3) is 0 Å². The average molecular weight is 470 g/mol. The third-order valence-corrected chi connectivity index (χ3v) is 5.98. The molecule has 0 spiro atoms. The third-order valence-electron chi connectivity index (χ3n) is 5.98. The zero-order valence-corrected chi connectivity index (χ0v) is 20.0. The summed E-state index contributed by atoms with van der Waals surface area (Å²) in [5.41, 5.74) is 10.9. The normalized spacial score (nSPS) is 19.5. The molecule has 1 rings (SSSR count). The minimum absolute atomic E-state index is 0.0489. The van der Waals surface area contributed by atoms with Gasteiger partial charge < -0.3 is 32.1 Å². The molecule has 1 saturated heterocycles. The molecular weight excluding hydrogens is 430 g/mol. The van der Waals surface area contributed by atoms with Gasteiger partial charge in [-0.2, -0.15) is 0 Å². The number of carboxylic acids is 1. The molecule has 11 nitrogen and oxygen atoms in total. The first-order valence-electron chi connectivity index (χ1n) is 11.6. The Morgan fingerprint density at radius 2 is 1.76 bits per heavy atom. The first kappa shape index (κ1) is 28.3. The Hall–Kier alpha value is -2.69. The van der Waals surface area contributed by atoms with Crippen molar-refractivity contribution in [3.63, 3.8) is 0 Å². The van der Waals surface area contributed by atoms with Crippen molar-refractivity contribution < 1.29 is 29.1 Å². The van der Waals surface area contributed by atoms with Crippen molar-refractivity contribution in [1.82, 2.24) is 15.5 Å². The second-order valence-electron chi connectivity index (χ2n) is 9.20. The fraction of sp³-hybridized carbons (Fsp3) is 0.773. The Morgan fingerprint density at radius 3 is 2.27 bits per heavy atom. The number of nitrogens with zero attached hydrogens (tertiary/aromatic N) is 1. The summed E-state index contributed by atoms with van der Waals surface area (Å²) in [7, 11) is 0. The molecule has 5 atom stereocenters. The lowest BCUT2D eigenvalue weighted by molar-refractivity contribution is -0.146. The maximum Gasteiger partial charge on any atom is 0.326 e. The number of hydrogen-bond donors (Lipinski definition) is 5. The summed E-state index contributed by atoms with van der Waals surface area (Å²) >= 11 is 0. The quantitative estimate of drug-likeness (QED) is 0.245. The van der Waals surface area contributed by atoms with Crippen LogP contribution in [0.5, 0.6) is 0 Å². The lowest BCUT2D eigenvalue weighted by Crippen LogP contribution is -2.57. The van der Waals surface area contributed by atoms with E-state index in [2.05, 4.69) is 10.6 Å². The number of nitrogens with one attached hydrogen (secondary N) is 2. The van der Waals surface area contributed by atoms with E-state index >= 15 is 0 Å². The van der Waals surface area contributed by atoms with Crippen LogP contribution in [0.4, 0.5) is 0 Å². The molecular formula is C22H39N5O6. The zero-order valence-electron chi connectivity index (χ0n) is 20.0. The van der Waals surface area contributed by atoms with Crippen molar-refractivity contribution in [3.05, 3.63) is 0 Å². The molecule has 5 unspecified atom stereocenters. The van der Waals surface area contributed by atoms with Crippen LogP contribution in [0.1, 0.15) is 66.2 Å². The van der Waals surface area contributed by atoms with E-state index in [-0.39, 0.29) is 24.7 Å². The van der Waals surface area contributed by atoms with Crippen LogP contribution < -0.4 is 22.1 Å². The van der Waals surface area contributed by atoms with Gasteiger partial charge in [-0.25, -0.2) is 4.79 Å². The molecule has 1 heterocycles. The van der Waals surface area contributed by atoms with Crippen LogP contribution in [0.25, 0.3) is 0 Å². The van der Waals surface area contributed by atoms with Gasteiger partial charge in [0.05, 0.1) is 6.04 Å². The van der Waals surface area contributed by atoms with Crippen molar-refractivity contribution in [2.75, 3.05) is 6.54 Å². The number of amides is 4. The van der Waals surface area contributed by atoms with Gasteiger partial charge >= 0.3 is 5.97 Å². The standard InChI is InChI=1S/C22H39N5O6/c1-5-13(4)18(22(32)33)26-20(30)16-7-6-10-27(16)21(31)15(11-12(2)3)25-19(29)14(23)8-9-17(24)28/h12-16,18H,5-11,23H2,1-4H3,(H2,24,28)(H,25,29)(H,26,30)(H,32,33). The van der Waals surface area contributed by atoms with Crippen molar-refractivity contribution >= 4 is 29.6 Å². The molecule has 1 aliphatic rings. The second kappa shape index (κ2) is 13.1. The molecule has 11 heteroatoms. The van der Waals surface area contributed by atoms with E-state index in [9.17, 15) is 29.1 Å². The van der Waals surface area contributed by atoms with E-state index in [1.54, 1.807) is 6.92 Å². The zero-order chi connectivity index (χ0) is 25.3. The lowest BCUT2D eigenvalue weighted by atomic mass is 9.98. The van der Waals surface area contributed by atoms with Crippen molar-refractivity contribution in [3.8, 4) is 0 Å². The first-order chi connectivity index (χ1) is 15.4. The van der Waals surface area contributed by atoms with Gasteiger partial charge in [0.2, 0.25) is 23.6 Å². The van der Waals surface area contributed by atoms with E-state index < -0.39 is 53.8 Å². The molecule has 1 fully saturated rings.